The Bertz CT molecular complexity index is 431. The minimum absolute atomic E-state index is 0.281. The quantitative estimate of drug-likeness (QED) is 0.774. The van der Waals surface area contributed by atoms with Gasteiger partial charge in [0.25, 0.3) is 0 Å². The van der Waals surface area contributed by atoms with Gasteiger partial charge in [-0.05, 0) is 37.4 Å². The third-order valence-corrected chi connectivity index (χ3v) is 4.13. The van der Waals surface area contributed by atoms with Crippen LogP contribution in [0, 0.1) is 16.7 Å². The first-order valence-electron chi connectivity index (χ1n) is 7.49. The molecule has 0 aliphatic heterocycles. The van der Waals surface area contributed by atoms with Gasteiger partial charge in [0.15, 0.2) is 0 Å². The zero-order chi connectivity index (χ0) is 13.7. The van der Waals surface area contributed by atoms with E-state index in [4.69, 9.17) is 5.26 Å². The van der Waals surface area contributed by atoms with Crippen molar-refractivity contribution in [2.45, 2.75) is 58.5 Å². The fraction of sp³-hybridized carbons (Fsp3) is 0.688. The standard InChI is InChI=1S/C16H25N3/c1-3-5-15(18-4-2)14-6-11-19(12-14)13-16(7-8-16)9-10-17/h6,11-12,15,18H,3-5,7-9,13H2,1-2H3. The molecular weight excluding hydrogens is 234 g/mol. The topological polar surface area (TPSA) is 40.8 Å². The predicted octanol–water partition coefficient (Wildman–Crippen LogP) is 3.63. The predicted molar refractivity (Wildman–Crippen MR) is 77.7 cm³/mol. The minimum atomic E-state index is 0.281. The summed E-state index contributed by atoms with van der Waals surface area (Å²) in [6, 6.07) is 5.04. The van der Waals surface area contributed by atoms with Crippen molar-refractivity contribution in [2.24, 2.45) is 5.41 Å². The Morgan fingerprint density at radius 1 is 1.47 bits per heavy atom. The van der Waals surface area contributed by atoms with Crippen molar-refractivity contribution in [3.8, 4) is 6.07 Å². The molecular formula is C16H25N3. The number of aromatic nitrogens is 1. The molecule has 0 bridgehead atoms. The van der Waals surface area contributed by atoms with Crippen LogP contribution in [0.1, 0.15) is 57.6 Å². The number of rotatable bonds is 8. The molecule has 3 nitrogen and oxygen atoms in total. The van der Waals surface area contributed by atoms with Gasteiger partial charge in [-0.2, -0.15) is 5.26 Å². The molecule has 0 aromatic carbocycles. The molecule has 0 radical (unpaired) electrons. The number of nitrogens with zero attached hydrogens (tertiary/aromatic N) is 2. The van der Waals surface area contributed by atoms with Gasteiger partial charge in [-0.1, -0.05) is 20.3 Å². The van der Waals surface area contributed by atoms with Crippen LogP contribution in [0.25, 0.3) is 0 Å². The van der Waals surface area contributed by atoms with Crippen LogP contribution in [-0.4, -0.2) is 11.1 Å². The van der Waals surface area contributed by atoms with Crippen molar-refractivity contribution in [3.63, 3.8) is 0 Å². The highest BCUT2D eigenvalue weighted by molar-refractivity contribution is 5.16. The van der Waals surface area contributed by atoms with Crippen molar-refractivity contribution >= 4 is 0 Å². The smallest absolute Gasteiger partial charge is 0.0628 e. The average molecular weight is 259 g/mol. The highest BCUT2D eigenvalue weighted by atomic mass is 15.0. The molecule has 0 amide bonds. The van der Waals surface area contributed by atoms with E-state index in [1.807, 2.05) is 0 Å². The summed E-state index contributed by atoms with van der Waals surface area (Å²) in [5, 5.41) is 12.4. The van der Waals surface area contributed by atoms with E-state index in [2.05, 4.69) is 48.3 Å². The van der Waals surface area contributed by atoms with E-state index >= 15 is 0 Å². The van der Waals surface area contributed by atoms with Crippen molar-refractivity contribution in [2.75, 3.05) is 6.54 Å². The largest absolute Gasteiger partial charge is 0.353 e. The maximum atomic E-state index is 8.88. The summed E-state index contributed by atoms with van der Waals surface area (Å²) in [6.45, 7) is 6.40. The first-order chi connectivity index (χ1) is 9.23. The Kier molecular flexibility index (Phi) is 4.66. The zero-order valence-electron chi connectivity index (χ0n) is 12.2. The molecule has 1 aliphatic carbocycles. The average Bonchev–Trinajstić information content (AvgIpc) is 2.98. The Morgan fingerprint density at radius 3 is 2.84 bits per heavy atom. The van der Waals surface area contributed by atoms with Crippen molar-refractivity contribution in [1.82, 2.24) is 9.88 Å². The molecule has 1 atom stereocenters. The summed E-state index contributed by atoms with van der Waals surface area (Å²) in [7, 11) is 0. The summed E-state index contributed by atoms with van der Waals surface area (Å²) in [6.07, 6.45) is 9.93. The Labute approximate surface area is 116 Å². The van der Waals surface area contributed by atoms with Gasteiger partial charge in [-0.15, -0.1) is 0 Å². The highest BCUT2D eigenvalue weighted by Crippen LogP contribution is 2.50. The van der Waals surface area contributed by atoms with Crippen LogP contribution in [-0.2, 0) is 6.54 Å². The van der Waals surface area contributed by atoms with Crippen molar-refractivity contribution in [1.29, 1.82) is 5.26 Å². The number of nitriles is 1. The van der Waals surface area contributed by atoms with Gasteiger partial charge in [0, 0.05) is 36.8 Å². The third kappa shape index (κ3) is 3.61. The van der Waals surface area contributed by atoms with Gasteiger partial charge in [0.1, 0.15) is 0 Å². The fourth-order valence-corrected chi connectivity index (χ4v) is 2.81. The first-order valence-corrected chi connectivity index (χ1v) is 7.49. The molecule has 19 heavy (non-hydrogen) atoms. The molecule has 104 valence electrons. The summed E-state index contributed by atoms with van der Waals surface area (Å²) in [4.78, 5) is 0. The molecule has 1 heterocycles. The van der Waals surface area contributed by atoms with Gasteiger partial charge >= 0.3 is 0 Å². The molecule has 1 fully saturated rings. The van der Waals surface area contributed by atoms with E-state index in [-0.39, 0.29) is 5.41 Å². The molecule has 1 saturated carbocycles. The van der Waals surface area contributed by atoms with Crippen LogP contribution in [0.15, 0.2) is 18.5 Å². The van der Waals surface area contributed by atoms with Gasteiger partial charge < -0.3 is 9.88 Å². The molecule has 1 aliphatic rings. The fourth-order valence-electron chi connectivity index (χ4n) is 2.81. The summed E-state index contributed by atoms with van der Waals surface area (Å²) in [5.41, 5.74) is 1.67. The van der Waals surface area contributed by atoms with E-state index in [0.29, 0.717) is 12.5 Å². The van der Waals surface area contributed by atoms with Crippen LogP contribution < -0.4 is 5.32 Å². The Balaban J connectivity index is 2.00. The molecule has 3 heteroatoms. The normalized spacial score (nSPS) is 17.9. The molecule has 1 N–H and O–H groups in total. The monoisotopic (exact) mass is 259 g/mol. The van der Waals surface area contributed by atoms with E-state index in [0.717, 1.165) is 13.1 Å². The highest BCUT2D eigenvalue weighted by Gasteiger charge is 2.42. The second-order valence-corrected chi connectivity index (χ2v) is 5.85. The molecule has 0 spiro atoms. The van der Waals surface area contributed by atoms with Crippen LogP contribution >= 0.6 is 0 Å². The molecule has 1 aromatic heterocycles. The second-order valence-electron chi connectivity index (χ2n) is 5.85. The lowest BCUT2D eigenvalue weighted by Crippen LogP contribution is -2.20. The maximum absolute atomic E-state index is 8.88. The van der Waals surface area contributed by atoms with Gasteiger partial charge in [0.05, 0.1) is 6.07 Å². The van der Waals surface area contributed by atoms with E-state index in [1.54, 1.807) is 0 Å². The molecule has 0 saturated heterocycles. The minimum Gasteiger partial charge on any atom is -0.353 e. The Morgan fingerprint density at radius 2 is 2.26 bits per heavy atom. The van der Waals surface area contributed by atoms with Gasteiger partial charge in [-0.3, -0.25) is 0 Å². The lowest BCUT2D eigenvalue weighted by atomic mass is 10.0. The number of hydrogen-bond acceptors (Lipinski definition) is 2. The lowest BCUT2D eigenvalue weighted by Gasteiger charge is -2.16. The lowest BCUT2D eigenvalue weighted by molar-refractivity contribution is 0.430. The number of hydrogen-bond donors (Lipinski definition) is 1. The van der Waals surface area contributed by atoms with Gasteiger partial charge in [0.2, 0.25) is 0 Å². The van der Waals surface area contributed by atoms with Crippen molar-refractivity contribution in [3.05, 3.63) is 24.0 Å². The van der Waals surface area contributed by atoms with Crippen molar-refractivity contribution < 1.29 is 0 Å². The number of nitrogens with one attached hydrogen (secondary N) is 1. The summed E-state index contributed by atoms with van der Waals surface area (Å²) < 4.78 is 2.28. The van der Waals surface area contributed by atoms with Gasteiger partial charge in [-0.25, -0.2) is 0 Å². The van der Waals surface area contributed by atoms with E-state index < -0.39 is 0 Å². The Hall–Kier alpha value is -1.27. The first kappa shape index (κ1) is 14.1. The zero-order valence-corrected chi connectivity index (χ0v) is 12.2. The van der Waals surface area contributed by atoms with Crippen LogP contribution in [0.2, 0.25) is 0 Å². The maximum Gasteiger partial charge on any atom is 0.0628 e. The summed E-state index contributed by atoms with van der Waals surface area (Å²) in [5.74, 6) is 0. The molecule has 1 unspecified atom stereocenters. The summed E-state index contributed by atoms with van der Waals surface area (Å²) >= 11 is 0. The van der Waals surface area contributed by atoms with Crippen LogP contribution in [0.3, 0.4) is 0 Å². The van der Waals surface area contributed by atoms with Crippen LogP contribution in [0.5, 0.6) is 0 Å². The third-order valence-electron chi connectivity index (χ3n) is 4.13. The molecule has 1 aromatic rings. The van der Waals surface area contributed by atoms with E-state index in [9.17, 15) is 0 Å². The SMILES string of the molecule is CCCC(NCC)c1ccn(CC2(CC#N)CC2)c1. The van der Waals surface area contributed by atoms with Crippen LogP contribution in [0.4, 0.5) is 0 Å². The van der Waals surface area contributed by atoms with E-state index in [1.165, 1.54) is 31.2 Å². The molecule has 2 rings (SSSR count). The second kappa shape index (κ2) is 6.25.